The number of nitrogens with one attached hydrogen (secondary N) is 1. The number of carbonyl (C=O) groups is 1. The fourth-order valence-corrected chi connectivity index (χ4v) is 4.43. The van der Waals surface area contributed by atoms with Crippen LogP contribution in [0.3, 0.4) is 0 Å². The summed E-state index contributed by atoms with van der Waals surface area (Å²) in [6.45, 7) is 6.87. The first kappa shape index (κ1) is 20.2. The number of benzene rings is 2. The largest absolute Gasteiger partial charge is 0.465 e. The number of aromatic amines is 1. The zero-order chi connectivity index (χ0) is 21.3. The van der Waals surface area contributed by atoms with Crippen LogP contribution in [-0.2, 0) is 0 Å². The summed E-state index contributed by atoms with van der Waals surface area (Å²) in [6.07, 6.45) is 2.64. The summed E-state index contributed by atoms with van der Waals surface area (Å²) in [4.78, 5) is 21.4. The minimum absolute atomic E-state index is 0.0209. The van der Waals surface area contributed by atoms with Gasteiger partial charge in [0, 0.05) is 18.5 Å². The first-order valence-electron chi connectivity index (χ1n) is 10.5. The molecule has 0 saturated carbocycles. The number of rotatable bonds is 3. The van der Waals surface area contributed by atoms with E-state index < -0.39 is 6.09 Å². The minimum atomic E-state index is -0.827. The number of hydrogen-bond donors (Lipinski definition) is 2. The minimum Gasteiger partial charge on any atom is -0.465 e. The van der Waals surface area contributed by atoms with Crippen LogP contribution in [0.25, 0.3) is 22.4 Å². The molecule has 2 heterocycles. The number of H-pyrrole nitrogens is 1. The van der Waals surface area contributed by atoms with Gasteiger partial charge in [-0.3, -0.25) is 0 Å². The van der Waals surface area contributed by atoms with Crippen LogP contribution < -0.4 is 0 Å². The van der Waals surface area contributed by atoms with E-state index in [1.165, 1.54) is 11.1 Å². The van der Waals surface area contributed by atoms with Crippen molar-refractivity contribution in [1.82, 2.24) is 14.9 Å². The van der Waals surface area contributed by atoms with Gasteiger partial charge in [0.2, 0.25) is 0 Å². The van der Waals surface area contributed by atoms with E-state index in [9.17, 15) is 9.90 Å². The van der Waals surface area contributed by atoms with Crippen molar-refractivity contribution in [2.75, 3.05) is 6.54 Å². The Morgan fingerprint density at radius 3 is 2.30 bits per heavy atom. The van der Waals surface area contributed by atoms with Crippen LogP contribution in [-0.4, -0.2) is 38.7 Å². The second kappa shape index (κ2) is 7.98. The van der Waals surface area contributed by atoms with Crippen molar-refractivity contribution in [2.24, 2.45) is 5.41 Å². The molecule has 4 rings (SSSR count). The maximum absolute atomic E-state index is 11.7. The fourth-order valence-electron chi connectivity index (χ4n) is 4.43. The zero-order valence-corrected chi connectivity index (χ0v) is 17.8. The molecule has 1 aromatic heterocycles. The third-order valence-corrected chi connectivity index (χ3v) is 6.13. The monoisotopic (exact) mass is 403 g/mol. The van der Waals surface area contributed by atoms with E-state index in [1.807, 2.05) is 24.4 Å². The third-order valence-electron chi connectivity index (χ3n) is 6.13. The van der Waals surface area contributed by atoms with E-state index >= 15 is 0 Å². The number of aromatic nitrogens is 2. The standard InChI is InChI=1S/C25H29N3O2/c1-25(2,3)22-15-20(13-14-28(22)24(29)30)23-26-16-21(27-23)19-11-9-18(10-12-19)17-7-5-4-6-8-17/h4-12,16,20,22H,13-15H2,1-3H3,(H,26,27)(H,29,30). The predicted octanol–water partition coefficient (Wildman–Crippen LogP) is 6.02. The van der Waals surface area contributed by atoms with Gasteiger partial charge >= 0.3 is 6.09 Å². The second-order valence-corrected chi connectivity index (χ2v) is 9.20. The van der Waals surface area contributed by atoms with Gasteiger partial charge in [-0.15, -0.1) is 0 Å². The summed E-state index contributed by atoms with van der Waals surface area (Å²) in [5.41, 5.74) is 4.38. The number of hydrogen-bond acceptors (Lipinski definition) is 2. The highest BCUT2D eigenvalue weighted by Crippen LogP contribution is 2.38. The molecule has 2 aromatic carbocycles. The van der Waals surface area contributed by atoms with Crippen molar-refractivity contribution in [3.05, 3.63) is 66.6 Å². The number of imidazole rings is 1. The topological polar surface area (TPSA) is 69.2 Å². The van der Waals surface area contributed by atoms with Gasteiger partial charge in [0.15, 0.2) is 0 Å². The normalized spacial score (nSPS) is 19.6. The van der Waals surface area contributed by atoms with E-state index in [4.69, 9.17) is 0 Å². The first-order valence-corrected chi connectivity index (χ1v) is 10.5. The molecule has 30 heavy (non-hydrogen) atoms. The molecule has 1 saturated heterocycles. The molecule has 2 N–H and O–H groups in total. The van der Waals surface area contributed by atoms with Crippen LogP contribution in [0.1, 0.15) is 45.4 Å². The lowest BCUT2D eigenvalue weighted by molar-refractivity contribution is 0.0516. The average molecular weight is 404 g/mol. The number of piperidine rings is 1. The van der Waals surface area contributed by atoms with Gasteiger partial charge in [-0.05, 0) is 34.9 Å². The molecule has 1 amide bonds. The summed E-state index contributed by atoms with van der Waals surface area (Å²) in [5.74, 6) is 1.19. The Morgan fingerprint density at radius 1 is 1.03 bits per heavy atom. The van der Waals surface area contributed by atoms with Crippen molar-refractivity contribution in [3.63, 3.8) is 0 Å². The highest BCUT2D eigenvalue weighted by atomic mass is 16.4. The first-order chi connectivity index (χ1) is 14.3. The van der Waals surface area contributed by atoms with Crippen LogP contribution in [0.2, 0.25) is 0 Å². The number of carboxylic acid groups (broad SMARTS) is 1. The van der Waals surface area contributed by atoms with Crippen molar-refractivity contribution >= 4 is 6.09 Å². The highest BCUT2D eigenvalue weighted by molar-refractivity contribution is 5.68. The van der Waals surface area contributed by atoms with Gasteiger partial charge in [-0.25, -0.2) is 9.78 Å². The van der Waals surface area contributed by atoms with E-state index in [0.29, 0.717) is 6.54 Å². The Hall–Kier alpha value is -3.08. The van der Waals surface area contributed by atoms with Crippen molar-refractivity contribution in [3.8, 4) is 22.4 Å². The number of likely N-dealkylation sites (tertiary alicyclic amines) is 1. The second-order valence-electron chi connectivity index (χ2n) is 9.20. The SMILES string of the molecule is CC(C)(C)C1CC(c2ncc(-c3ccc(-c4ccccc4)cc3)[nH]2)CCN1C(=O)O. The Labute approximate surface area is 177 Å². The fraction of sp³-hybridized carbons (Fsp3) is 0.360. The van der Waals surface area contributed by atoms with E-state index in [1.54, 1.807) is 4.90 Å². The summed E-state index contributed by atoms with van der Waals surface area (Å²) in [5, 5.41) is 9.59. The maximum Gasteiger partial charge on any atom is 0.407 e. The number of nitrogens with zero attached hydrogens (tertiary/aromatic N) is 2. The lowest BCUT2D eigenvalue weighted by atomic mass is 9.77. The zero-order valence-electron chi connectivity index (χ0n) is 17.8. The molecule has 2 atom stereocenters. The third kappa shape index (κ3) is 4.11. The van der Waals surface area contributed by atoms with Crippen molar-refractivity contribution in [2.45, 2.75) is 45.6 Å². The molecular weight excluding hydrogens is 374 g/mol. The van der Waals surface area contributed by atoms with Crippen molar-refractivity contribution in [1.29, 1.82) is 0 Å². The van der Waals surface area contributed by atoms with Crippen LogP contribution in [0, 0.1) is 5.41 Å². The summed E-state index contributed by atoms with van der Waals surface area (Å²) < 4.78 is 0. The van der Waals surface area contributed by atoms with Crippen molar-refractivity contribution < 1.29 is 9.90 Å². The molecule has 0 bridgehead atoms. The molecule has 2 unspecified atom stereocenters. The molecule has 0 aliphatic carbocycles. The molecule has 1 aliphatic heterocycles. The van der Waals surface area contributed by atoms with Crippen LogP contribution in [0.5, 0.6) is 0 Å². The highest BCUT2D eigenvalue weighted by Gasteiger charge is 2.39. The van der Waals surface area contributed by atoms with E-state index in [0.717, 1.165) is 29.9 Å². The van der Waals surface area contributed by atoms with Crippen LogP contribution >= 0.6 is 0 Å². The maximum atomic E-state index is 11.7. The molecule has 5 heteroatoms. The lowest BCUT2D eigenvalue weighted by Crippen LogP contribution is -2.51. The predicted molar refractivity (Wildman–Crippen MR) is 119 cm³/mol. The van der Waals surface area contributed by atoms with Gasteiger partial charge in [0.25, 0.3) is 0 Å². The quantitative estimate of drug-likeness (QED) is 0.562. The molecule has 3 aromatic rings. The van der Waals surface area contributed by atoms with Gasteiger partial charge in [0.1, 0.15) is 5.82 Å². The average Bonchev–Trinajstić information content (AvgIpc) is 3.24. The van der Waals surface area contributed by atoms with E-state index in [-0.39, 0.29) is 17.4 Å². The summed E-state index contributed by atoms with van der Waals surface area (Å²) in [6, 6.07) is 18.8. The molecule has 1 fully saturated rings. The molecule has 0 radical (unpaired) electrons. The van der Waals surface area contributed by atoms with Gasteiger partial charge in [-0.2, -0.15) is 0 Å². The van der Waals surface area contributed by atoms with Gasteiger partial charge in [-0.1, -0.05) is 75.4 Å². The molecule has 156 valence electrons. The Morgan fingerprint density at radius 2 is 1.67 bits per heavy atom. The Balaban J connectivity index is 1.52. The van der Waals surface area contributed by atoms with E-state index in [2.05, 4.69) is 67.1 Å². The molecule has 0 spiro atoms. The van der Waals surface area contributed by atoms with Gasteiger partial charge in [0.05, 0.1) is 11.9 Å². The number of amides is 1. The smallest absolute Gasteiger partial charge is 0.407 e. The molecular formula is C25H29N3O2. The molecule has 1 aliphatic rings. The van der Waals surface area contributed by atoms with Crippen LogP contribution in [0.4, 0.5) is 4.79 Å². The summed E-state index contributed by atoms with van der Waals surface area (Å²) in [7, 11) is 0. The summed E-state index contributed by atoms with van der Waals surface area (Å²) >= 11 is 0. The Bertz CT molecular complexity index is 1000. The van der Waals surface area contributed by atoms with Crippen LogP contribution in [0.15, 0.2) is 60.8 Å². The lowest BCUT2D eigenvalue weighted by Gasteiger charge is -2.44. The van der Waals surface area contributed by atoms with Gasteiger partial charge < -0.3 is 15.0 Å². The Kier molecular flexibility index (Phi) is 5.37. The molecule has 5 nitrogen and oxygen atoms in total.